The fourth-order valence-corrected chi connectivity index (χ4v) is 4.91. The number of rotatable bonds is 7. The van der Waals surface area contributed by atoms with Gasteiger partial charge in [-0.2, -0.15) is 0 Å². The molecule has 0 fully saturated rings. The van der Waals surface area contributed by atoms with Crippen LogP contribution >= 0.6 is 0 Å². The van der Waals surface area contributed by atoms with Crippen molar-refractivity contribution in [2.45, 2.75) is 19.3 Å². The Morgan fingerprint density at radius 2 is 1.27 bits per heavy atom. The molecular weight excluding hydrogens is 506 g/mol. The topological polar surface area (TPSA) is 98.8 Å². The van der Waals surface area contributed by atoms with Crippen LogP contribution < -0.4 is 14.8 Å². The van der Waals surface area contributed by atoms with Crippen LogP contribution in [0.4, 0.5) is 5.69 Å². The Morgan fingerprint density at radius 3 is 1.80 bits per heavy atom. The number of allylic oxidation sites excluding steroid dienone is 1. The van der Waals surface area contributed by atoms with E-state index in [0.29, 0.717) is 39.4 Å². The molecule has 4 aromatic carbocycles. The lowest BCUT2D eigenvalue weighted by Gasteiger charge is -2.29. The van der Waals surface area contributed by atoms with Crippen molar-refractivity contribution >= 4 is 35.4 Å². The van der Waals surface area contributed by atoms with Gasteiger partial charge in [-0.3, -0.25) is 19.2 Å². The zero-order chi connectivity index (χ0) is 28.3. The molecule has 0 bridgehead atoms. The Kier molecular flexibility index (Phi) is 7.12. The van der Waals surface area contributed by atoms with Gasteiger partial charge in [-0.25, -0.2) is 0 Å². The van der Waals surface area contributed by atoms with E-state index in [2.05, 4.69) is 5.32 Å². The van der Waals surface area contributed by atoms with Crippen LogP contribution in [0.25, 0.3) is 6.08 Å². The molecule has 0 saturated carbocycles. The maximum Gasteiger partial charge on any atom is 0.308 e. The minimum Gasteiger partial charge on any atom is -0.427 e. The molecule has 1 aliphatic rings. The van der Waals surface area contributed by atoms with Crippen LogP contribution in [-0.2, 0) is 19.8 Å². The molecule has 1 N–H and O–H groups in total. The Bertz CT molecular complexity index is 1580. The second-order valence-electron chi connectivity index (χ2n) is 9.31. The van der Waals surface area contributed by atoms with Gasteiger partial charge < -0.3 is 14.8 Å². The van der Waals surface area contributed by atoms with E-state index < -0.39 is 17.4 Å². The number of ether oxygens (including phenoxy) is 2. The second-order valence-corrected chi connectivity index (χ2v) is 9.31. The SMILES string of the molecule is CC(=O)Oc1ccc(C2(c3ccc(OC(C)=O)cc3)C(=O)Nc3ccc(C(=O)/C=C/c4ccccc4)cc32)cc1. The van der Waals surface area contributed by atoms with Crippen LogP contribution in [0, 0.1) is 0 Å². The van der Waals surface area contributed by atoms with E-state index in [-0.39, 0.29) is 11.7 Å². The lowest BCUT2D eigenvalue weighted by molar-refractivity contribution is -0.132. The largest absolute Gasteiger partial charge is 0.427 e. The summed E-state index contributed by atoms with van der Waals surface area (Å²) in [5.41, 5.74) is 2.34. The third-order valence-corrected chi connectivity index (χ3v) is 6.62. The third kappa shape index (κ3) is 5.05. The first-order valence-corrected chi connectivity index (χ1v) is 12.6. The molecule has 0 spiro atoms. The number of hydrogen-bond acceptors (Lipinski definition) is 6. The monoisotopic (exact) mass is 531 g/mol. The number of carbonyl (C=O) groups excluding carboxylic acids is 4. The first-order valence-electron chi connectivity index (χ1n) is 12.6. The van der Waals surface area contributed by atoms with E-state index in [1.54, 1.807) is 72.8 Å². The van der Waals surface area contributed by atoms with Crippen LogP contribution in [0.3, 0.4) is 0 Å². The fourth-order valence-electron chi connectivity index (χ4n) is 4.91. The summed E-state index contributed by atoms with van der Waals surface area (Å²) in [6, 6.07) is 28.0. The first kappa shape index (κ1) is 26.3. The van der Waals surface area contributed by atoms with Gasteiger partial charge in [0.25, 0.3) is 0 Å². The molecule has 40 heavy (non-hydrogen) atoms. The molecule has 0 atom stereocenters. The van der Waals surface area contributed by atoms with Crippen molar-refractivity contribution in [1.29, 1.82) is 0 Å². The summed E-state index contributed by atoms with van der Waals surface area (Å²) in [6.45, 7) is 2.62. The lowest BCUT2D eigenvalue weighted by Crippen LogP contribution is -2.37. The highest BCUT2D eigenvalue weighted by molar-refractivity contribution is 6.13. The normalized spacial score (nSPS) is 13.4. The minimum absolute atomic E-state index is 0.213. The molecule has 4 aromatic rings. The van der Waals surface area contributed by atoms with E-state index in [9.17, 15) is 19.2 Å². The van der Waals surface area contributed by atoms with Crippen LogP contribution in [-0.4, -0.2) is 23.6 Å². The number of hydrogen-bond donors (Lipinski definition) is 1. The average molecular weight is 532 g/mol. The maximum absolute atomic E-state index is 13.9. The van der Waals surface area contributed by atoms with E-state index in [4.69, 9.17) is 9.47 Å². The lowest BCUT2D eigenvalue weighted by atomic mass is 9.70. The van der Waals surface area contributed by atoms with Gasteiger partial charge in [0.05, 0.1) is 0 Å². The summed E-state index contributed by atoms with van der Waals surface area (Å²) >= 11 is 0. The van der Waals surface area contributed by atoms with Crippen LogP contribution in [0.1, 0.15) is 46.5 Å². The average Bonchev–Trinajstić information content (AvgIpc) is 3.24. The molecular formula is C33H25NO6. The van der Waals surface area contributed by atoms with E-state index in [1.165, 1.54) is 19.9 Å². The predicted octanol–water partition coefficient (Wildman–Crippen LogP) is 5.72. The van der Waals surface area contributed by atoms with E-state index >= 15 is 0 Å². The van der Waals surface area contributed by atoms with Gasteiger partial charge in [-0.15, -0.1) is 0 Å². The van der Waals surface area contributed by atoms with Crippen molar-refractivity contribution in [3.05, 3.63) is 131 Å². The van der Waals surface area contributed by atoms with Gasteiger partial charge >= 0.3 is 11.9 Å². The van der Waals surface area contributed by atoms with Crippen LogP contribution in [0.5, 0.6) is 11.5 Å². The number of nitrogens with one attached hydrogen (secondary N) is 1. The zero-order valence-corrected chi connectivity index (χ0v) is 21.8. The molecule has 0 radical (unpaired) electrons. The summed E-state index contributed by atoms with van der Waals surface area (Å²) in [5.74, 6) is -0.767. The van der Waals surface area contributed by atoms with Gasteiger partial charge in [-0.1, -0.05) is 60.7 Å². The molecule has 5 rings (SSSR count). The molecule has 0 unspecified atom stereocenters. The van der Waals surface area contributed by atoms with Crippen molar-refractivity contribution < 1.29 is 28.7 Å². The van der Waals surface area contributed by atoms with Gasteiger partial charge in [0.15, 0.2) is 5.78 Å². The number of benzene rings is 4. The van der Waals surface area contributed by atoms with Gasteiger partial charge in [0.1, 0.15) is 16.9 Å². The predicted molar refractivity (Wildman–Crippen MR) is 150 cm³/mol. The van der Waals surface area contributed by atoms with Crippen molar-refractivity contribution in [2.75, 3.05) is 5.32 Å². The molecule has 1 aliphatic heterocycles. The quantitative estimate of drug-likeness (QED) is 0.142. The summed E-state index contributed by atoms with van der Waals surface area (Å²) in [5, 5.41) is 2.96. The Balaban J connectivity index is 1.63. The van der Waals surface area contributed by atoms with Crippen LogP contribution in [0.2, 0.25) is 0 Å². The molecule has 0 saturated heterocycles. The Hall–Kier alpha value is -5.30. The summed E-state index contributed by atoms with van der Waals surface area (Å²) < 4.78 is 10.4. The second kappa shape index (κ2) is 10.8. The summed E-state index contributed by atoms with van der Waals surface area (Å²) in [7, 11) is 0. The van der Waals surface area contributed by atoms with Crippen molar-refractivity contribution in [3.63, 3.8) is 0 Å². The van der Waals surface area contributed by atoms with Gasteiger partial charge in [0, 0.05) is 30.7 Å². The molecule has 0 aliphatic carbocycles. The van der Waals surface area contributed by atoms with Crippen molar-refractivity contribution in [2.24, 2.45) is 0 Å². The van der Waals surface area contributed by atoms with Crippen LogP contribution in [0.15, 0.2) is 103 Å². The molecule has 1 heterocycles. The minimum atomic E-state index is -1.34. The number of anilines is 1. The van der Waals surface area contributed by atoms with Gasteiger partial charge in [0.2, 0.25) is 5.91 Å². The Labute approximate surface area is 231 Å². The summed E-state index contributed by atoms with van der Waals surface area (Å²) in [4.78, 5) is 50.0. The number of fused-ring (bicyclic) bond motifs is 1. The third-order valence-electron chi connectivity index (χ3n) is 6.62. The fraction of sp³-hybridized carbons (Fsp3) is 0.0909. The standard InChI is InChI=1S/C33H25NO6/c1-21(35)39-27-14-10-25(11-15-27)33(26-12-16-28(17-13-26)40-22(2)36)29-20-24(9-18-30(29)34-32(33)38)31(37)19-8-23-6-4-3-5-7-23/h3-20H,1-2H3,(H,34,38)/b19-8+. The molecule has 7 nitrogen and oxygen atoms in total. The molecule has 198 valence electrons. The van der Waals surface area contributed by atoms with Gasteiger partial charge in [-0.05, 0) is 65.2 Å². The first-order chi connectivity index (χ1) is 19.3. The number of amides is 1. The highest BCUT2D eigenvalue weighted by Gasteiger charge is 2.50. The highest BCUT2D eigenvalue weighted by atomic mass is 16.5. The summed E-state index contributed by atoms with van der Waals surface area (Å²) in [6.07, 6.45) is 3.25. The van der Waals surface area contributed by atoms with Crippen molar-refractivity contribution in [1.82, 2.24) is 0 Å². The zero-order valence-electron chi connectivity index (χ0n) is 21.8. The highest BCUT2D eigenvalue weighted by Crippen LogP contribution is 2.48. The molecule has 1 amide bonds. The van der Waals surface area contributed by atoms with E-state index in [0.717, 1.165) is 5.56 Å². The number of esters is 2. The smallest absolute Gasteiger partial charge is 0.308 e. The number of ketones is 1. The van der Waals surface area contributed by atoms with Crippen molar-refractivity contribution in [3.8, 4) is 11.5 Å². The maximum atomic E-state index is 13.9. The number of carbonyl (C=O) groups is 4. The molecule has 0 aromatic heterocycles. The van der Waals surface area contributed by atoms with E-state index in [1.807, 2.05) is 30.3 Å². The Morgan fingerprint density at radius 1 is 0.725 bits per heavy atom. The molecule has 7 heteroatoms.